The van der Waals surface area contributed by atoms with Gasteiger partial charge < -0.3 is 10.6 Å². The van der Waals surface area contributed by atoms with Crippen molar-refractivity contribution in [3.63, 3.8) is 0 Å². The van der Waals surface area contributed by atoms with Crippen molar-refractivity contribution in [1.29, 1.82) is 0 Å². The quantitative estimate of drug-likeness (QED) is 0.238. The Kier molecular flexibility index (Phi) is 9.94. The van der Waals surface area contributed by atoms with Gasteiger partial charge in [0.25, 0.3) is 0 Å². The van der Waals surface area contributed by atoms with Gasteiger partial charge in [0, 0.05) is 40.5 Å². The molecule has 204 valence electrons. The van der Waals surface area contributed by atoms with Gasteiger partial charge in [-0.15, -0.1) is 0 Å². The molecule has 1 aliphatic rings. The second-order valence-corrected chi connectivity index (χ2v) is 9.65. The van der Waals surface area contributed by atoms with Crippen LogP contribution in [0.4, 0.5) is 13.2 Å². The Labute approximate surface area is 230 Å². The predicted molar refractivity (Wildman–Crippen MR) is 157 cm³/mol. The molecule has 0 aliphatic heterocycles. The van der Waals surface area contributed by atoms with Crippen molar-refractivity contribution in [2.45, 2.75) is 40.3 Å². The summed E-state index contributed by atoms with van der Waals surface area (Å²) < 4.78 is 40.1. The molecule has 0 spiro atoms. The Hall–Kier alpha value is -4.06. The van der Waals surface area contributed by atoms with Crippen LogP contribution in [0.25, 0.3) is 5.70 Å². The molecular formula is C33H36F3N3. The number of hydrogen-bond acceptors (Lipinski definition) is 3. The number of hydrogen-bond donors (Lipinski definition) is 2. The summed E-state index contributed by atoms with van der Waals surface area (Å²) in [4.78, 5) is 4.90. The lowest BCUT2D eigenvalue weighted by Gasteiger charge is -2.21. The number of nitrogens with zero attached hydrogens (tertiary/aromatic N) is 1. The summed E-state index contributed by atoms with van der Waals surface area (Å²) in [5, 5.41) is 6.53. The molecule has 39 heavy (non-hydrogen) atoms. The highest BCUT2D eigenvalue weighted by molar-refractivity contribution is 6.10. The number of allylic oxidation sites excluding steroid dienone is 7. The maximum absolute atomic E-state index is 13.4. The lowest BCUT2D eigenvalue weighted by atomic mass is 9.98. The van der Waals surface area contributed by atoms with Crippen LogP contribution in [0.5, 0.6) is 0 Å². The van der Waals surface area contributed by atoms with Gasteiger partial charge in [-0.3, -0.25) is 4.99 Å². The zero-order valence-corrected chi connectivity index (χ0v) is 23.0. The molecular weight excluding hydrogens is 495 g/mol. The summed E-state index contributed by atoms with van der Waals surface area (Å²) in [5.41, 5.74) is 6.29. The average Bonchev–Trinajstić information content (AvgIpc) is 2.91. The van der Waals surface area contributed by atoms with Crippen LogP contribution in [-0.4, -0.2) is 12.3 Å². The third-order valence-corrected chi connectivity index (χ3v) is 6.62. The molecule has 0 bridgehead atoms. The number of aliphatic imine (C=N–C) groups is 1. The van der Waals surface area contributed by atoms with Gasteiger partial charge in [0.1, 0.15) is 0 Å². The molecule has 3 nitrogen and oxygen atoms in total. The number of aryl methyl sites for hydroxylation is 1. The van der Waals surface area contributed by atoms with Crippen molar-refractivity contribution in [1.82, 2.24) is 10.6 Å². The van der Waals surface area contributed by atoms with Gasteiger partial charge in [0.15, 0.2) is 0 Å². The molecule has 2 N–H and O–H groups in total. The van der Waals surface area contributed by atoms with Crippen LogP contribution >= 0.6 is 0 Å². The van der Waals surface area contributed by atoms with Crippen LogP contribution < -0.4 is 10.6 Å². The zero-order valence-electron chi connectivity index (χ0n) is 23.0. The monoisotopic (exact) mass is 531 g/mol. The van der Waals surface area contributed by atoms with Crippen molar-refractivity contribution in [3.05, 3.63) is 137 Å². The highest BCUT2D eigenvalue weighted by Gasteiger charge is 2.33. The average molecular weight is 532 g/mol. The lowest BCUT2D eigenvalue weighted by molar-refractivity contribution is -0.137. The fourth-order valence-corrected chi connectivity index (χ4v) is 4.14. The SMILES string of the molecule is C=C/C(C)=C(C)/N=C(\C=C(/C)NCC1C=CC(NC(=C)c2ccccc2C(F)(F)F)=CC1)c1ccccc1C. The first-order valence-electron chi connectivity index (χ1n) is 12.9. The Morgan fingerprint density at radius 3 is 2.33 bits per heavy atom. The minimum Gasteiger partial charge on any atom is -0.388 e. The van der Waals surface area contributed by atoms with Crippen molar-refractivity contribution in [2.75, 3.05) is 6.54 Å². The first kappa shape index (κ1) is 29.5. The van der Waals surface area contributed by atoms with Gasteiger partial charge >= 0.3 is 6.18 Å². The van der Waals surface area contributed by atoms with Crippen LogP contribution in [0.3, 0.4) is 0 Å². The summed E-state index contributed by atoms with van der Waals surface area (Å²) in [6.07, 6.45) is 6.10. The largest absolute Gasteiger partial charge is 0.417 e. The van der Waals surface area contributed by atoms with E-state index in [1.807, 2.05) is 45.1 Å². The van der Waals surface area contributed by atoms with Gasteiger partial charge in [-0.05, 0) is 69.4 Å². The summed E-state index contributed by atoms with van der Waals surface area (Å²) in [5.74, 6) is 0.234. The molecule has 0 heterocycles. The minimum atomic E-state index is -4.44. The van der Waals surface area contributed by atoms with Crippen molar-refractivity contribution >= 4 is 11.4 Å². The summed E-state index contributed by atoms with van der Waals surface area (Å²) in [6.45, 7) is 16.5. The van der Waals surface area contributed by atoms with Crippen LogP contribution in [0.15, 0.2) is 120 Å². The van der Waals surface area contributed by atoms with Crippen LogP contribution in [0.1, 0.15) is 49.4 Å². The first-order valence-corrected chi connectivity index (χ1v) is 12.9. The van der Waals surface area contributed by atoms with Gasteiger partial charge in [0.05, 0.1) is 11.3 Å². The number of benzene rings is 2. The maximum Gasteiger partial charge on any atom is 0.417 e. The van der Waals surface area contributed by atoms with E-state index in [0.29, 0.717) is 6.54 Å². The van der Waals surface area contributed by atoms with Gasteiger partial charge in [-0.25, -0.2) is 0 Å². The number of nitrogens with one attached hydrogen (secondary N) is 2. The van der Waals surface area contributed by atoms with Gasteiger partial charge in [-0.1, -0.05) is 73.9 Å². The van der Waals surface area contributed by atoms with E-state index in [1.165, 1.54) is 12.1 Å². The Morgan fingerprint density at radius 1 is 1.05 bits per heavy atom. The van der Waals surface area contributed by atoms with E-state index in [1.54, 1.807) is 12.1 Å². The molecule has 1 unspecified atom stereocenters. The maximum atomic E-state index is 13.4. The Balaban J connectivity index is 1.66. The first-order chi connectivity index (χ1) is 18.5. The third-order valence-electron chi connectivity index (χ3n) is 6.62. The standard InChI is InChI=1S/C33H36F3N3/c1-7-22(2)25(5)39-32(29-13-9-8-12-23(29)3)20-24(4)37-21-27-16-18-28(19-17-27)38-26(6)30-14-10-11-15-31(30)33(34,35)36/h7-16,18-20,27,37-38H,1,6,17,21H2,2-5H3/b24-20+,25-22+,39-32+. The second kappa shape index (κ2) is 13.1. The van der Waals surface area contributed by atoms with E-state index in [-0.39, 0.29) is 17.2 Å². The van der Waals surface area contributed by atoms with E-state index in [2.05, 4.69) is 55.0 Å². The number of alkyl halides is 3. The van der Waals surface area contributed by atoms with Gasteiger partial charge in [-0.2, -0.15) is 13.2 Å². The van der Waals surface area contributed by atoms with E-state index < -0.39 is 11.7 Å². The molecule has 0 saturated carbocycles. The lowest BCUT2D eigenvalue weighted by Crippen LogP contribution is -2.23. The topological polar surface area (TPSA) is 36.4 Å². The normalized spacial score (nSPS) is 16.8. The summed E-state index contributed by atoms with van der Waals surface area (Å²) in [6, 6.07) is 13.6. The summed E-state index contributed by atoms with van der Waals surface area (Å²) >= 11 is 0. The van der Waals surface area contributed by atoms with E-state index >= 15 is 0 Å². The highest BCUT2D eigenvalue weighted by Crippen LogP contribution is 2.34. The van der Waals surface area contributed by atoms with Crippen molar-refractivity contribution in [3.8, 4) is 0 Å². The fourth-order valence-electron chi connectivity index (χ4n) is 4.14. The fraction of sp³-hybridized carbons (Fsp3) is 0.242. The zero-order chi connectivity index (χ0) is 28.6. The third kappa shape index (κ3) is 8.21. The molecule has 0 radical (unpaired) electrons. The molecule has 0 saturated heterocycles. The van der Waals surface area contributed by atoms with Crippen molar-refractivity contribution < 1.29 is 13.2 Å². The van der Waals surface area contributed by atoms with E-state index in [0.717, 1.165) is 52.0 Å². The minimum absolute atomic E-state index is 0.0448. The molecule has 1 aliphatic carbocycles. The Bertz CT molecular complexity index is 1370. The van der Waals surface area contributed by atoms with Crippen LogP contribution in [-0.2, 0) is 6.18 Å². The smallest absolute Gasteiger partial charge is 0.388 e. The highest BCUT2D eigenvalue weighted by atomic mass is 19.4. The second-order valence-electron chi connectivity index (χ2n) is 9.65. The number of rotatable bonds is 10. The summed E-state index contributed by atoms with van der Waals surface area (Å²) in [7, 11) is 0. The van der Waals surface area contributed by atoms with Gasteiger partial charge in [0.2, 0.25) is 0 Å². The molecule has 3 rings (SSSR count). The molecule has 6 heteroatoms. The predicted octanol–water partition coefficient (Wildman–Crippen LogP) is 8.50. The molecule has 2 aromatic carbocycles. The van der Waals surface area contributed by atoms with Crippen LogP contribution in [0.2, 0.25) is 0 Å². The van der Waals surface area contributed by atoms with Crippen LogP contribution in [0, 0.1) is 12.8 Å². The molecule has 0 fully saturated rings. The number of halogens is 3. The molecule has 0 aromatic heterocycles. The molecule has 0 amide bonds. The Morgan fingerprint density at radius 2 is 1.72 bits per heavy atom. The van der Waals surface area contributed by atoms with E-state index in [9.17, 15) is 13.2 Å². The van der Waals surface area contributed by atoms with Crippen molar-refractivity contribution in [2.24, 2.45) is 10.9 Å². The molecule has 2 aromatic rings. The van der Waals surface area contributed by atoms with E-state index in [4.69, 9.17) is 4.99 Å². The molecule has 1 atom stereocenters.